The number of hydrogen-bond donors (Lipinski definition) is 2. The van der Waals surface area contributed by atoms with Crippen molar-refractivity contribution >= 4 is 24.7 Å². The van der Waals surface area contributed by atoms with Gasteiger partial charge in [-0.2, -0.15) is 12.6 Å². The summed E-state index contributed by atoms with van der Waals surface area (Å²) >= 11 is 4.02. The van der Waals surface area contributed by atoms with E-state index in [1.807, 2.05) is 12.2 Å². The quantitative estimate of drug-likeness (QED) is 0.646. The van der Waals surface area contributed by atoms with Gasteiger partial charge in [-0.05, 0) is 12.1 Å². The van der Waals surface area contributed by atoms with Crippen molar-refractivity contribution in [2.24, 2.45) is 0 Å². The zero-order chi connectivity index (χ0) is 8.10. The van der Waals surface area contributed by atoms with E-state index in [2.05, 4.69) is 22.6 Å². The Hall–Kier alpha value is -1.03. The van der Waals surface area contributed by atoms with E-state index in [0.717, 1.165) is 5.69 Å². The first-order valence-electron chi connectivity index (χ1n) is 3.19. The highest BCUT2D eigenvalue weighted by atomic mass is 32.1. The summed E-state index contributed by atoms with van der Waals surface area (Å²) in [6.07, 6.45) is 5.37. The van der Waals surface area contributed by atoms with Gasteiger partial charge < -0.3 is 5.73 Å². The van der Waals surface area contributed by atoms with E-state index in [9.17, 15) is 0 Å². The second-order valence-corrected chi connectivity index (χ2v) is 2.29. The Labute approximate surface area is 70.8 Å². The van der Waals surface area contributed by atoms with Gasteiger partial charge >= 0.3 is 0 Å². The molecule has 0 amide bonds. The van der Waals surface area contributed by atoms with Crippen LogP contribution in [0.3, 0.4) is 0 Å². The standard InChI is InChI=1S/C7H9N3S/c8-7-9-4-3-6(10-7)2-1-5-11/h1-4,11H,5H2,(H2,8,9,10). The van der Waals surface area contributed by atoms with Crippen molar-refractivity contribution in [3.05, 3.63) is 24.0 Å². The van der Waals surface area contributed by atoms with Gasteiger partial charge in [0.05, 0.1) is 5.69 Å². The Kier molecular flexibility index (Phi) is 2.92. The molecule has 0 aromatic carbocycles. The number of aromatic nitrogens is 2. The zero-order valence-electron chi connectivity index (χ0n) is 5.94. The van der Waals surface area contributed by atoms with Gasteiger partial charge in [0.2, 0.25) is 5.95 Å². The number of nitrogen functional groups attached to an aromatic ring is 1. The molecule has 0 radical (unpaired) electrons. The van der Waals surface area contributed by atoms with Gasteiger partial charge in [-0.15, -0.1) is 0 Å². The molecular weight excluding hydrogens is 158 g/mol. The van der Waals surface area contributed by atoms with E-state index in [1.165, 1.54) is 0 Å². The lowest BCUT2D eigenvalue weighted by Gasteiger charge is -1.92. The topological polar surface area (TPSA) is 51.8 Å². The van der Waals surface area contributed by atoms with Gasteiger partial charge in [-0.3, -0.25) is 0 Å². The molecule has 11 heavy (non-hydrogen) atoms. The average molecular weight is 167 g/mol. The molecule has 1 rings (SSSR count). The van der Waals surface area contributed by atoms with Crippen molar-refractivity contribution in [3.63, 3.8) is 0 Å². The van der Waals surface area contributed by atoms with E-state index < -0.39 is 0 Å². The molecule has 0 unspecified atom stereocenters. The fourth-order valence-electron chi connectivity index (χ4n) is 0.655. The number of anilines is 1. The molecule has 0 fully saturated rings. The predicted octanol–water partition coefficient (Wildman–Crippen LogP) is 1.00. The maximum Gasteiger partial charge on any atom is 0.220 e. The lowest BCUT2D eigenvalue weighted by Crippen LogP contribution is -1.94. The van der Waals surface area contributed by atoms with Gasteiger partial charge in [-0.25, -0.2) is 9.97 Å². The van der Waals surface area contributed by atoms with Crippen molar-refractivity contribution < 1.29 is 0 Å². The van der Waals surface area contributed by atoms with Crippen molar-refractivity contribution in [3.8, 4) is 0 Å². The second-order valence-electron chi connectivity index (χ2n) is 1.92. The molecule has 4 heteroatoms. The molecule has 0 bridgehead atoms. The molecule has 0 saturated carbocycles. The van der Waals surface area contributed by atoms with E-state index >= 15 is 0 Å². The van der Waals surface area contributed by atoms with Crippen LogP contribution in [0.2, 0.25) is 0 Å². The molecule has 0 aliphatic carbocycles. The molecular formula is C7H9N3S. The number of nitrogens with two attached hydrogens (primary N) is 1. The minimum atomic E-state index is 0.298. The normalized spacial score (nSPS) is 10.6. The third kappa shape index (κ3) is 2.59. The van der Waals surface area contributed by atoms with Crippen molar-refractivity contribution in [2.45, 2.75) is 0 Å². The van der Waals surface area contributed by atoms with Crippen LogP contribution in [0.4, 0.5) is 5.95 Å². The van der Waals surface area contributed by atoms with Gasteiger partial charge in [0, 0.05) is 11.9 Å². The first kappa shape index (κ1) is 8.07. The minimum Gasteiger partial charge on any atom is -0.368 e. The monoisotopic (exact) mass is 167 g/mol. The summed E-state index contributed by atoms with van der Waals surface area (Å²) in [6, 6.07) is 1.79. The van der Waals surface area contributed by atoms with Crippen molar-refractivity contribution in [1.29, 1.82) is 0 Å². The van der Waals surface area contributed by atoms with Gasteiger partial charge in [0.15, 0.2) is 0 Å². The van der Waals surface area contributed by atoms with Gasteiger partial charge in [0.1, 0.15) is 0 Å². The van der Waals surface area contributed by atoms with Gasteiger partial charge in [-0.1, -0.05) is 6.08 Å². The highest BCUT2D eigenvalue weighted by Crippen LogP contribution is 1.98. The smallest absolute Gasteiger partial charge is 0.220 e. The first-order valence-corrected chi connectivity index (χ1v) is 3.82. The number of thiol groups is 1. The van der Waals surface area contributed by atoms with Crippen LogP contribution in [0.15, 0.2) is 18.3 Å². The molecule has 58 valence electrons. The van der Waals surface area contributed by atoms with Crippen LogP contribution in [0.5, 0.6) is 0 Å². The van der Waals surface area contributed by atoms with E-state index in [-0.39, 0.29) is 0 Å². The SMILES string of the molecule is Nc1nccc(C=CCS)n1. The maximum absolute atomic E-state index is 5.36. The number of rotatable bonds is 2. The van der Waals surface area contributed by atoms with Crippen LogP contribution >= 0.6 is 12.6 Å². The fraction of sp³-hybridized carbons (Fsp3) is 0.143. The average Bonchev–Trinajstić information content (AvgIpc) is 2.01. The molecule has 0 atom stereocenters. The molecule has 1 aromatic heterocycles. The summed E-state index contributed by atoms with van der Waals surface area (Å²) in [5.74, 6) is 0.996. The summed E-state index contributed by atoms with van der Waals surface area (Å²) < 4.78 is 0. The summed E-state index contributed by atoms with van der Waals surface area (Å²) in [6.45, 7) is 0. The van der Waals surface area contributed by atoms with Crippen LogP contribution < -0.4 is 5.73 Å². The maximum atomic E-state index is 5.36. The molecule has 0 aliphatic rings. The van der Waals surface area contributed by atoms with Crippen LogP contribution in [0, 0.1) is 0 Å². The predicted molar refractivity (Wildman–Crippen MR) is 49.3 cm³/mol. The third-order valence-corrected chi connectivity index (χ3v) is 1.30. The lowest BCUT2D eigenvalue weighted by atomic mass is 10.4. The number of hydrogen-bond acceptors (Lipinski definition) is 4. The van der Waals surface area contributed by atoms with E-state index in [0.29, 0.717) is 11.7 Å². The molecule has 0 saturated heterocycles. The van der Waals surface area contributed by atoms with Crippen LogP contribution in [-0.4, -0.2) is 15.7 Å². The van der Waals surface area contributed by atoms with Crippen LogP contribution in [0.25, 0.3) is 6.08 Å². The largest absolute Gasteiger partial charge is 0.368 e. The Morgan fingerprint density at radius 2 is 2.45 bits per heavy atom. The molecule has 1 aromatic rings. The van der Waals surface area contributed by atoms with E-state index in [4.69, 9.17) is 5.73 Å². The molecule has 0 spiro atoms. The first-order chi connectivity index (χ1) is 5.33. The fourth-order valence-corrected chi connectivity index (χ4v) is 0.760. The third-order valence-electron chi connectivity index (χ3n) is 1.09. The highest BCUT2D eigenvalue weighted by molar-refractivity contribution is 7.80. The van der Waals surface area contributed by atoms with Crippen molar-refractivity contribution in [1.82, 2.24) is 9.97 Å². The van der Waals surface area contributed by atoms with E-state index in [1.54, 1.807) is 12.3 Å². The summed E-state index contributed by atoms with van der Waals surface area (Å²) in [7, 11) is 0. The summed E-state index contributed by atoms with van der Waals surface area (Å²) in [5, 5.41) is 0. The van der Waals surface area contributed by atoms with Crippen molar-refractivity contribution in [2.75, 3.05) is 11.5 Å². The molecule has 2 N–H and O–H groups in total. The van der Waals surface area contributed by atoms with Crippen LogP contribution in [-0.2, 0) is 0 Å². The minimum absolute atomic E-state index is 0.298. The highest BCUT2D eigenvalue weighted by Gasteiger charge is 1.88. The lowest BCUT2D eigenvalue weighted by molar-refractivity contribution is 1.17. The molecule has 0 aliphatic heterocycles. The Bertz CT molecular complexity index is 260. The zero-order valence-corrected chi connectivity index (χ0v) is 6.83. The second kappa shape index (κ2) is 3.98. The Morgan fingerprint density at radius 3 is 3.09 bits per heavy atom. The van der Waals surface area contributed by atoms with Gasteiger partial charge in [0.25, 0.3) is 0 Å². The Balaban J connectivity index is 2.79. The molecule has 3 nitrogen and oxygen atoms in total. The number of nitrogens with zero attached hydrogens (tertiary/aromatic N) is 2. The Morgan fingerprint density at radius 1 is 1.64 bits per heavy atom. The van der Waals surface area contributed by atoms with Crippen LogP contribution in [0.1, 0.15) is 5.69 Å². The summed E-state index contributed by atoms with van der Waals surface area (Å²) in [4.78, 5) is 7.72. The summed E-state index contributed by atoms with van der Waals surface area (Å²) in [5.41, 5.74) is 6.17. The molecule has 1 heterocycles.